The van der Waals surface area contributed by atoms with Crippen LogP contribution in [0.5, 0.6) is 0 Å². The average Bonchev–Trinajstić information content (AvgIpc) is 2.92. The van der Waals surface area contributed by atoms with Crippen LogP contribution in [0.4, 0.5) is 5.69 Å². The number of allylic oxidation sites excluding steroid dienone is 1. The minimum Gasteiger partial charge on any atom is -0.462 e. The van der Waals surface area contributed by atoms with Gasteiger partial charge in [0.05, 0.1) is 34.1 Å². The Hall–Kier alpha value is -2.68. The van der Waals surface area contributed by atoms with Gasteiger partial charge in [-0.2, -0.15) is 0 Å². The van der Waals surface area contributed by atoms with E-state index in [-0.39, 0.29) is 34.9 Å². The van der Waals surface area contributed by atoms with Gasteiger partial charge in [-0.1, -0.05) is 37.7 Å². The summed E-state index contributed by atoms with van der Waals surface area (Å²) in [6, 6.07) is 5.17. The van der Waals surface area contributed by atoms with E-state index in [1.165, 1.54) is 28.8 Å². The van der Waals surface area contributed by atoms with E-state index in [1.807, 2.05) is 13.8 Å². The molecule has 9 heteroatoms. The van der Waals surface area contributed by atoms with Crippen molar-refractivity contribution in [1.82, 2.24) is 4.90 Å². The first-order valence-electron chi connectivity index (χ1n) is 8.91. The molecule has 1 amide bonds. The van der Waals surface area contributed by atoms with Crippen molar-refractivity contribution in [3.05, 3.63) is 51.2 Å². The molecule has 1 fully saturated rings. The number of aliphatic imine (C=N–C) groups is 1. The van der Waals surface area contributed by atoms with Gasteiger partial charge in [0.2, 0.25) is 5.91 Å². The number of fused-ring (bicyclic) bond motifs is 1. The van der Waals surface area contributed by atoms with E-state index < -0.39 is 16.9 Å². The van der Waals surface area contributed by atoms with Crippen LogP contribution >= 0.6 is 11.8 Å². The molecule has 148 valence electrons. The first-order valence-corrected chi connectivity index (χ1v) is 9.79. The maximum absolute atomic E-state index is 12.9. The topological polar surface area (TPSA) is 102 Å². The predicted molar refractivity (Wildman–Crippen MR) is 106 cm³/mol. The lowest BCUT2D eigenvalue weighted by molar-refractivity contribution is -0.384. The van der Waals surface area contributed by atoms with Crippen LogP contribution in [-0.4, -0.2) is 38.7 Å². The van der Waals surface area contributed by atoms with Crippen LogP contribution in [0.3, 0.4) is 0 Å². The third-order valence-corrected chi connectivity index (χ3v) is 5.48. The summed E-state index contributed by atoms with van der Waals surface area (Å²) in [6.45, 7) is 7.53. The largest absolute Gasteiger partial charge is 0.462 e. The standard InChI is InChI=1S/C19H21N3O5S/c1-10(2)9-27-18(24)15-11(3)20-19-21(17(23)12(4)28-19)16(15)13-6-5-7-14(8-13)22(25)26/h5-8,10,12,16H,9H2,1-4H3/t12-,16+/m1/s1. The van der Waals surface area contributed by atoms with Crippen molar-refractivity contribution in [2.24, 2.45) is 10.9 Å². The van der Waals surface area contributed by atoms with Crippen molar-refractivity contribution in [3.63, 3.8) is 0 Å². The molecule has 1 saturated heterocycles. The summed E-state index contributed by atoms with van der Waals surface area (Å²) < 4.78 is 5.41. The smallest absolute Gasteiger partial charge is 0.338 e. The fraction of sp³-hybridized carbons (Fsp3) is 0.421. The highest BCUT2D eigenvalue weighted by atomic mass is 32.2. The van der Waals surface area contributed by atoms with Gasteiger partial charge in [-0.25, -0.2) is 9.79 Å². The third kappa shape index (κ3) is 3.66. The van der Waals surface area contributed by atoms with E-state index in [1.54, 1.807) is 26.0 Å². The summed E-state index contributed by atoms with van der Waals surface area (Å²) in [7, 11) is 0. The van der Waals surface area contributed by atoms with Gasteiger partial charge in [0, 0.05) is 12.1 Å². The summed E-state index contributed by atoms with van der Waals surface area (Å²) in [6.07, 6.45) is 0. The molecule has 2 atom stereocenters. The fourth-order valence-corrected chi connectivity index (χ4v) is 4.14. The third-order valence-electron chi connectivity index (χ3n) is 4.42. The maximum Gasteiger partial charge on any atom is 0.338 e. The number of amidine groups is 1. The molecule has 0 N–H and O–H groups in total. The van der Waals surface area contributed by atoms with Gasteiger partial charge in [-0.3, -0.25) is 19.8 Å². The van der Waals surface area contributed by atoms with E-state index in [4.69, 9.17) is 4.74 Å². The van der Waals surface area contributed by atoms with E-state index in [0.717, 1.165) is 0 Å². The van der Waals surface area contributed by atoms with Crippen LogP contribution < -0.4 is 0 Å². The lowest BCUT2D eigenvalue weighted by Gasteiger charge is -2.33. The van der Waals surface area contributed by atoms with E-state index in [9.17, 15) is 19.7 Å². The van der Waals surface area contributed by atoms with Crippen molar-refractivity contribution < 1.29 is 19.2 Å². The number of benzene rings is 1. The maximum atomic E-state index is 12.9. The second kappa shape index (κ2) is 7.75. The molecule has 2 aliphatic rings. The number of thioether (sulfide) groups is 1. The Balaban J connectivity index is 2.11. The van der Waals surface area contributed by atoms with Crippen LogP contribution in [0.15, 0.2) is 40.5 Å². The highest BCUT2D eigenvalue weighted by molar-refractivity contribution is 8.15. The second-order valence-electron chi connectivity index (χ2n) is 7.11. The summed E-state index contributed by atoms with van der Waals surface area (Å²) in [5, 5.41) is 11.4. The quantitative estimate of drug-likeness (QED) is 0.424. The first-order chi connectivity index (χ1) is 13.2. The second-order valence-corrected chi connectivity index (χ2v) is 8.42. The highest BCUT2D eigenvalue weighted by Crippen LogP contribution is 2.43. The van der Waals surface area contributed by atoms with E-state index in [2.05, 4.69) is 4.99 Å². The zero-order chi connectivity index (χ0) is 20.6. The number of nitro benzene ring substituents is 1. The predicted octanol–water partition coefficient (Wildman–Crippen LogP) is 3.44. The van der Waals surface area contributed by atoms with Crippen LogP contribution in [-0.2, 0) is 14.3 Å². The number of nitrogens with zero attached hydrogens (tertiary/aromatic N) is 3. The number of nitro groups is 1. The fourth-order valence-electron chi connectivity index (χ4n) is 3.11. The summed E-state index contributed by atoms with van der Waals surface area (Å²) in [4.78, 5) is 42.3. The molecule has 2 heterocycles. The Morgan fingerprint density at radius 2 is 2.14 bits per heavy atom. The number of carbonyl (C=O) groups excluding carboxylic acids is 2. The van der Waals surface area contributed by atoms with E-state index in [0.29, 0.717) is 16.4 Å². The van der Waals surface area contributed by atoms with Gasteiger partial charge in [0.25, 0.3) is 5.69 Å². The number of ether oxygens (including phenoxy) is 1. The Kier molecular flexibility index (Phi) is 5.55. The lowest BCUT2D eigenvalue weighted by Crippen LogP contribution is -2.40. The van der Waals surface area contributed by atoms with Crippen molar-refractivity contribution in [1.29, 1.82) is 0 Å². The Morgan fingerprint density at radius 3 is 2.79 bits per heavy atom. The van der Waals surface area contributed by atoms with Crippen LogP contribution in [0.1, 0.15) is 39.3 Å². The number of amides is 1. The molecule has 2 aliphatic heterocycles. The number of rotatable bonds is 5. The van der Waals surface area contributed by atoms with Gasteiger partial charge < -0.3 is 4.74 Å². The molecule has 1 aromatic carbocycles. The van der Waals surface area contributed by atoms with Gasteiger partial charge >= 0.3 is 5.97 Å². The molecule has 3 rings (SSSR count). The summed E-state index contributed by atoms with van der Waals surface area (Å²) in [5.41, 5.74) is 1.04. The monoisotopic (exact) mass is 403 g/mol. The van der Waals surface area contributed by atoms with Gasteiger partial charge in [0.1, 0.15) is 0 Å². The Labute approximate surface area is 166 Å². The minimum atomic E-state index is -0.808. The van der Waals surface area contributed by atoms with Crippen LogP contribution in [0, 0.1) is 16.0 Å². The van der Waals surface area contributed by atoms with Gasteiger partial charge in [-0.05, 0) is 25.3 Å². The highest BCUT2D eigenvalue weighted by Gasteiger charge is 2.46. The number of hydrogen-bond donors (Lipinski definition) is 0. The SMILES string of the molecule is CC1=C(C(=O)OCC(C)C)[C@H](c2cccc([N+](=O)[O-])c2)N2C(=O)[C@@H](C)SC2=N1. The number of esters is 1. The molecule has 0 saturated carbocycles. The van der Waals surface area contributed by atoms with Crippen molar-refractivity contribution in [2.45, 2.75) is 39.0 Å². The molecule has 0 aliphatic carbocycles. The molecule has 0 aromatic heterocycles. The molecule has 8 nitrogen and oxygen atoms in total. The normalized spacial score (nSPS) is 21.7. The van der Waals surface area contributed by atoms with Gasteiger partial charge in [0.15, 0.2) is 5.17 Å². The van der Waals surface area contributed by atoms with Gasteiger partial charge in [-0.15, -0.1) is 0 Å². The first kappa shape index (κ1) is 20.1. The van der Waals surface area contributed by atoms with Crippen molar-refractivity contribution >= 4 is 34.5 Å². The van der Waals surface area contributed by atoms with Crippen molar-refractivity contribution in [3.8, 4) is 0 Å². The zero-order valence-corrected chi connectivity index (χ0v) is 16.9. The molecule has 0 spiro atoms. The molecule has 0 unspecified atom stereocenters. The average molecular weight is 403 g/mol. The zero-order valence-electron chi connectivity index (χ0n) is 16.0. The summed E-state index contributed by atoms with van der Waals surface area (Å²) in [5.74, 6) is -0.613. The van der Waals surface area contributed by atoms with Crippen LogP contribution in [0.2, 0.25) is 0 Å². The van der Waals surface area contributed by atoms with Crippen LogP contribution in [0.25, 0.3) is 0 Å². The number of non-ortho nitro benzene ring substituents is 1. The molecule has 1 aromatic rings. The lowest BCUT2D eigenvalue weighted by atomic mass is 9.94. The molecule has 0 radical (unpaired) electrons. The van der Waals surface area contributed by atoms with Crippen molar-refractivity contribution in [2.75, 3.05) is 6.61 Å². The summed E-state index contributed by atoms with van der Waals surface area (Å²) >= 11 is 1.31. The molecule has 0 bridgehead atoms. The minimum absolute atomic E-state index is 0.110. The number of hydrogen-bond acceptors (Lipinski definition) is 7. The number of carbonyl (C=O) groups is 2. The molecular formula is C19H21N3O5S. The van der Waals surface area contributed by atoms with E-state index >= 15 is 0 Å². The Morgan fingerprint density at radius 1 is 1.43 bits per heavy atom. The molecular weight excluding hydrogens is 382 g/mol. The molecule has 28 heavy (non-hydrogen) atoms. The Bertz CT molecular complexity index is 909.